The Hall–Kier alpha value is -1.46. The minimum Gasteiger partial charge on any atom is -0.395 e. The quantitative estimate of drug-likeness (QED) is 0.726. The van der Waals surface area contributed by atoms with Crippen LogP contribution in [0.5, 0.6) is 0 Å². The number of nitrogens with zero attached hydrogens (tertiary/aromatic N) is 1. The lowest BCUT2D eigenvalue weighted by atomic mass is 10.2. The monoisotopic (exact) mass is 241 g/mol. The fourth-order valence-corrected chi connectivity index (χ4v) is 1.54. The molecule has 0 heterocycles. The third kappa shape index (κ3) is 4.13. The van der Waals surface area contributed by atoms with Crippen molar-refractivity contribution in [1.82, 2.24) is 0 Å². The number of aldehydes is 1. The van der Waals surface area contributed by atoms with E-state index in [0.717, 1.165) is 0 Å². The van der Waals surface area contributed by atoms with Crippen molar-refractivity contribution < 1.29 is 19.0 Å². The van der Waals surface area contributed by atoms with Crippen LogP contribution in [0.25, 0.3) is 0 Å². The minimum absolute atomic E-state index is 0.0450. The largest absolute Gasteiger partial charge is 0.395 e. The highest BCUT2D eigenvalue weighted by atomic mass is 19.1. The average molecular weight is 241 g/mol. The molecule has 4 nitrogen and oxygen atoms in total. The van der Waals surface area contributed by atoms with Crippen LogP contribution >= 0.6 is 0 Å². The molecule has 1 aromatic rings. The van der Waals surface area contributed by atoms with E-state index in [0.29, 0.717) is 31.7 Å². The van der Waals surface area contributed by atoms with Crippen molar-refractivity contribution in [2.45, 2.75) is 0 Å². The van der Waals surface area contributed by atoms with Gasteiger partial charge in [0.15, 0.2) is 0 Å². The number of aliphatic hydroxyl groups excluding tert-OH is 1. The number of rotatable bonds is 7. The van der Waals surface area contributed by atoms with Gasteiger partial charge in [-0.3, -0.25) is 4.79 Å². The molecule has 0 aromatic heterocycles. The number of carbonyl (C=O) groups excluding carboxylic acids is 1. The van der Waals surface area contributed by atoms with Gasteiger partial charge in [0, 0.05) is 31.5 Å². The molecule has 0 fully saturated rings. The van der Waals surface area contributed by atoms with E-state index >= 15 is 0 Å². The number of hydrogen-bond acceptors (Lipinski definition) is 4. The van der Waals surface area contributed by atoms with Crippen LogP contribution in [0.15, 0.2) is 18.2 Å². The van der Waals surface area contributed by atoms with Gasteiger partial charge in [0.2, 0.25) is 0 Å². The van der Waals surface area contributed by atoms with Gasteiger partial charge in [-0.15, -0.1) is 0 Å². The molecular weight excluding hydrogens is 225 g/mol. The normalized spacial score (nSPS) is 10.3. The van der Waals surface area contributed by atoms with Crippen molar-refractivity contribution in [2.75, 3.05) is 38.3 Å². The maximum Gasteiger partial charge on any atom is 0.150 e. The van der Waals surface area contributed by atoms with Crippen molar-refractivity contribution >= 4 is 12.0 Å². The van der Waals surface area contributed by atoms with E-state index < -0.39 is 5.82 Å². The van der Waals surface area contributed by atoms with Crippen LogP contribution < -0.4 is 4.90 Å². The van der Waals surface area contributed by atoms with Crippen LogP contribution in [-0.4, -0.2) is 44.8 Å². The zero-order chi connectivity index (χ0) is 12.7. The molecule has 5 heteroatoms. The smallest absolute Gasteiger partial charge is 0.150 e. The summed E-state index contributed by atoms with van der Waals surface area (Å²) < 4.78 is 18.2. The summed E-state index contributed by atoms with van der Waals surface area (Å²) >= 11 is 0. The van der Waals surface area contributed by atoms with E-state index in [1.807, 2.05) is 0 Å². The van der Waals surface area contributed by atoms with Gasteiger partial charge in [0.25, 0.3) is 0 Å². The van der Waals surface area contributed by atoms with Gasteiger partial charge < -0.3 is 14.7 Å². The van der Waals surface area contributed by atoms with Gasteiger partial charge in [0.05, 0.1) is 13.2 Å². The molecule has 17 heavy (non-hydrogen) atoms. The Balaban J connectivity index is 2.91. The van der Waals surface area contributed by atoms with Crippen molar-refractivity contribution in [3.63, 3.8) is 0 Å². The Morgan fingerprint density at radius 2 is 2.18 bits per heavy atom. The molecule has 0 spiro atoms. The highest BCUT2D eigenvalue weighted by molar-refractivity contribution is 5.77. The summed E-state index contributed by atoms with van der Waals surface area (Å²) in [4.78, 5) is 12.4. The molecule has 1 aromatic carbocycles. The maximum absolute atomic E-state index is 13.3. The van der Waals surface area contributed by atoms with E-state index in [2.05, 4.69) is 0 Å². The van der Waals surface area contributed by atoms with E-state index in [1.165, 1.54) is 12.1 Å². The average Bonchev–Trinajstić information content (AvgIpc) is 2.33. The summed E-state index contributed by atoms with van der Waals surface area (Å²) in [5.74, 6) is -0.468. The zero-order valence-electron chi connectivity index (χ0n) is 9.73. The molecule has 1 N–H and O–H groups in total. The number of anilines is 1. The van der Waals surface area contributed by atoms with Crippen molar-refractivity contribution in [3.05, 3.63) is 29.6 Å². The van der Waals surface area contributed by atoms with Crippen LogP contribution in [0.4, 0.5) is 10.1 Å². The summed E-state index contributed by atoms with van der Waals surface area (Å²) in [5, 5.41) is 8.95. The van der Waals surface area contributed by atoms with Gasteiger partial charge in [-0.25, -0.2) is 4.39 Å². The third-order valence-electron chi connectivity index (χ3n) is 2.34. The molecule has 0 aliphatic carbocycles. The van der Waals surface area contributed by atoms with Crippen LogP contribution in [-0.2, 0) is 4.74 Å². The minimum atomic E-state index is -0.468. The summed E-state index contributed by atoms with van der Waals surface area (Å²) in [6.07, 6.45) is 0.597. The number of carbonyl (C=O) groups is 1. The Kier molecular flexibility index (Phi) is 5.59. The number of methoxy groups -OCH3 is 1. The van der Waals surface area contributed by atoms with Crippen LogP contribution in [0, 0.1) is 5.82 Å². The van der Waals surface area contributed by atoms with Crippen LogP contribution in [0.3, 0.4) is 0 Å². The molecule has 0 saturated heterocycles. The molecule has 0 saturated carbocycles. The number of aliphatic hydroxyl groups is 1. The first kappa shape index (κ1) is 13.6. The van der Waals surface area contributed by atoms with E-state index in [9.17, 15) is 9.18 Å². The highest BCUT2D eigenvalue weighted by Crippen LogP contribution is 2.17. The fourth-order valence-electron chi connectivity index (χ4n) is 1.54. The van der Waals surface area contributed by atoms with Crippen molar-refractivity contribution in [2.24, 2.45) is 0 Å². The molecule has 0 bridgehead atoms. The fraction of sp³-hybridized carbons (Fsp3) is 0.417. The topological polar surface area (TPSA) is 49.8 Å². The Morgan fingerprint density at radius 3 is 2.76 bits per heavy atom. The summed E-state index contributed by atoms with van der Waals surface area (Å²) in [7, 11) is 1.57. The lowest BCUT2D eigenvalue weighted by Crippen LogP contribution is -2.30. The van der Waals surface area contributed by atoms with Gasteiger partial charge in [-0.2, -0.15) is 0 Å². The molecule has 1 rings (SSSR count). The summed E-state index contributed by atoms with van der Waals surface area (Å²) in [5.41, 5.74) is 0.846. The first-order chi connectivity index (χ1) is 8.21. The predicted octanol–water partition coefficient (Wildman–Crippen LogP) is 1.08. The number of benzene rings is 1. The summed E-state index contributed by atoms with van der Waals surface area (Å²) in [6.45, 7) is 1.31. The molecule has 0 aliphatic rings. The first-order valence-corrected chi connectivity index (χ1v) is 5.31. The standard InChI is InChI=1S/C12H16FNO3/c1-17-5-3-14(2-4-15)12-7-10(9-16)6-11(13)8-12/h6-9,15H,2-5H2,1H3. The van der Waals surface area contributed by atoms with Crippen molar-refractivity contribution in [1.29, 1.82) is 0 Å². The lowest BCUT2D eigenvalue weighted by molar-refractivity contribution is 0.112. The number of halogens is 1. The lowest BCUT2D eigenvalue weighted by Gasteiger charge is -2.23. The Bertz CT molecular complexity index is 371. The molecule has 0 unspecified atom stereocenters. The molecule has 94 valence electrons. The van der Waals surface area contributed by atoms with E-state index in [-0.39, 0.29) is 12.2 Å². The molecular formula is C12H16FNO3. The highest BCUT2D eigenvalue weighted by Gasteiger charge is 2.08. The maximum atomic E-state index is 13.3. The van der Waals surface area contributed by atoms with Crippen LogP contribution in [0.1, 0.15) is 10.4 Å². The Labute approximate surface area is 99.6 Å². The van der Waals surface area contributed by atoms with Gasteiger partial charge in [0.1, 0.15) is 12.1 Å². The van der Waals surface area contributed by atoms with Gasteiger partial charge in [-0.1, -0.05) is 0 Å². The van der Waals surface area contributed by atoms with Crippen molar-refractivity contribution in [3.8, 4) is 0 Å². The zero-order valence-corrected chi connectivity index (χ0v) is 9.73. The number of hydrogen-bond donors (Lipinski definition) is 1. The summed E-state index contributed by atoms with van der Waals surface area (Å²) in [6, 6.07) is 4.09. The second-order valence-corrected chi connectivity index (χ2v) is 3.56. The molecule has 0 aliphatic heterocycles. The molecule has 0 atom stereocenters. The SMILES string of the molecule is COCCN(CCO)c1cc(F)cc(C=O)c1. The van der Waals surface area contributed by atoms with Gasteiger partial charge >= 0.3 is 0 Å². The second kappa shape index (κ2) is 6.98. The second-order valence-electron chi connectivity index (χ2n) is 3.56. The van der Waals surface area contributed by atoms with E-state index in [1.54, 1.807) is 18.1 Å². The van der Waals surface area contributed by atoms with E-state index in [4.69, 9.17) is 9.84 Å². The van der Waals surface area contributed by atoms with Gasteiger partial charge in [-0.05, 0) is 18.2 Å². The number of ether oxygens (including phenoxy) is 1. The Morgan fingerprint density at radius 1 is 1.41 bits per heavy atom. The van der Waals surface area contributed by atoms with Crippen LogP contribution in [0.2, 0.25) is 0 Å². The molecule has 0 radical (unpaired) electrons. The first-order valence-electron chi connectivity index (χ1n) is 5.31. The molecule has 0 amide bonds. The predicted molar refractivity (Wildman–Crippen MR) is 63.0 cm³/mol. The third-order valence-corrected chi connectivity index (χ3v) is 2.34.